The number of amides is 2. The molecule has 0 spiro atoms. The van der Waals surface area contributed by atoms with Crippen LogP contribution in [0.25, 0.3) is 11.4 Å². The third-order valence-electron chi connectivity index (χ3n) is 7.29. The number of likely N-dealkylation sites (tertiary alicyclic amines) is 2. The van der Waals surface area contributed by atoms with Crippen LogP contribution in [0.5, 0.6) is 0 Å². The second-order valence-corrected chi connectivity index (χ2v) is 9.16. The van der Waals surface area contributed by atoms with Crippen LogP contribution in [0.2, 0.25) is 0 Å². The van der Waals surface area contributed by atoms with Gasteiger partial charge in [-0.3, -0.25) is 14.5 Å². The molecule has 4 aliphatic rings. The summed E-state index contributed by atoms with van der Waals surface area (Å²) in [5, 5.41) is 23.1. The van der Waals surface area contributed by atoms with Crippen molar-refractivity contribution in [3.05, 3.63) is 24.3 Å². The molecular formula is C21H23N9O2. The molecule has 1 saturated carbocycles. The van der Waals surface area contributed by atoms with Gasteiger partial charge in [-0.25, -0.2) is 5.10 Å². The molecule has 32 heavy (non-hydrogen) atoms. The summed E-state index contributed by atoms with van der Waals surface area (Å²) in [6, 6.07) is 8.69. The summed E-state index contributed by atoms with van der Waals surface area (Å²) < 4.78 is 0. The van der Waals surface area contributed by atoms with Crippen molar-refractivity contribution in [2.45, 2.75) is 49.5 Å². The first-order chi connectivity index (χ1) is 15.5. The van der Waals surface area contributed by atoms with Gasteiger partial charge in [-0.05, 0) is 59.9 Å². The molecule has 1 unspecified atom stereocenters. The van der Waals surface area contributed by atoms with Crippen LogP contribution in [0.1, 0.15) is 19.3 Å². The number of H-pyrrole nitrogens is 1. The van der Waals surface area contributed by atoms with Gasteiger partial charge in [-0.2, -0.15) is 5.26 Å². The number of nitriles is 1. The number of nitrogens with one attached hydrogen (secondary N) is 1. The quantitative estimate of drug-likeness (QED) is 0.641. The Balaban J connectivity index is 1.11. The van der Waals surface area contributed by atoms with E-state index in [1.807, 2.05) is 34.1 Å². The Hall–Kier alpha value is -3.36. The molecule has 3 N–H and O–H groups in total. The smallest absolute Gasteiger partial charge is 0.244 e. The average molecular weight is 433 g/mol. The maximum atomic E-state index is 13.1. The highest BCUT2D eigenvalue weighted by atomic mass is 16.2. The van der Waals surface area contributed by atoms with Gasteiger partial charge in [0, 0.05) is 30.4 Å². The number of anilines is 1. The summed E-state index contributed by atoms with van der Waals surface area (Å²) in [5.41, 5.74) is 7.96. The summed E-state index contributed by atoms with van der Waals surface area (Å²) in [6.45, 7) is 1.02. The summed E-state index contributed by atoms with van der Waals surface area (Å²) >= 11 is 0. The third-order valence-corrected chi connectivity index (χ3v) is 7.29. The molecule has 4 fully saturated rings. The van der Waals surface area contributed by atoms with Crippen molar-refractivity contribution in [3.8, 4) is 17.5 Å². The second-order valence-electron chi connectivity index (χ2n) is 9.16. The van der Waals surface area contributed by atoms with E-state index in [0.29, 0.717) is 24.8 Å². The lowest BCUT2D eigenvalue weighted by atomic mass is 10.1. The largest absolute Gasteiger partial charge is 0.322 e. The van der Waals surface area contributed by atoms with Crippen molar-refractivity contribution in [1.82, 2.24) is 30.4 Å². The van der Waals surface area contributed by atoms with Gasteiger partial charge in [-0.1, -0.05) is 0 Å². The molecule has 0 radical (unpaired) electrons. The standard InChI is InChI=1S/C21H23N9O2/c22-8-14-5-12-6-17(12)30(14)20(31)16(23)10-28-9-15-7-18(28)21(32)29(15)13-3-1-11(2-4-13)19-24-26-27-25-19/h1-4,12,14-18H,5-7,9-10,23H2,(H,24,25,26,27)/t12?,14-,15-,16-,17-,18-/m0/s1. The van der Waals surface area contributed by atoms with E-state index in [2.05, 4.69) is 26.7 Å². The first kappa shape index (κ1) is 19.3. The highest BCUT2D eigenvalue weighted by Gasteiger charge is 2.55. The number of aromatic nitrogens is 4. The van der Waals surface area contributed by atoms with Crippen molar-refractivity contribution >= 4 is 17.5 Å². The molecule has 6 rings (SSSR count). The maximum absolute atomic E-state index is 13.1. The number of nitrogens with two attached hydrogens (primary N) is 1. The van der Waals surface area contributed by atoms with Crippen LogP contribution in [0, 0.1) is 17.2 Å². The first-order valence-corrected chi connectivity index (χ1v) is 10.9. The fourth-order valence-corrected chi connectivity index (χ4v) is 5.68. The lowest BCUT2D eigenvalue weighted by Gasteiger charge is -2.35. The zero-order valence-electron chi connectivity index (χ0n) is 17.3. The fraction of sp³-hybridized carbons (Fsp3) is 0.524. The Morgan fingerprint density at radius 1 is 1.28 bits per heavy atom. The molecular weight excluding hydrogens is 410 g/mol. The number of tetrazole rings is 1. The Morgan fingerprint density at radius 3 is 2.78 bits per heavy atom. The summed E-state index contributed by atoms with van der Waals surface area (Å²) in [5.74, 6) is 0.907. The van der Waals surface area contributed by atoms with Crippen LogP contribution >= 0.6 is 0 Å². The van der Waals surface area contributed by atoms with E-state index in [0.717, 1.165) is 30.5 Å². The molecule has 11 heteroatoms. The van der Waals surface area contributed by atoms with E-state index in [1.165, 1.54) is 0 Å². The minimum Gasteiger partial charge on any atom is -0.322 e. The lowest BCUT2D eigenvalue weighted by Crippen LogP contribution is -2.57. The number of piperidine rings is 1. The second kappa shape index (κ2) is 7.08. The molecule has 3 saturated heterocycles. The van der Waals surface area contributed by atoms with E-state index in [4.69, 9.17) is 5.73 Å². The van der Waals surface area contributed by atoms with Crippen molar-refractivity contribution in [2.24, 2.45) is 11.7 Å². The molecule has 2 amide bonds. The van der Waals surface area contributed by atoms with Gasteiger partial charge in [0.2, 0.25) is 11.8 Å². The molecule has 11 nitrogen and oxygen atoms in total. The number of benzene rings is 1. The monoisotopic (exact) mass is 433 g/mol. The third kappa shape index (κ3) is 2.91. The minimum atomic E-state index is -0.722. The fourth-order valence-electron chi connectivity index (χ4n) is 5.68. The highest BCUT2D eigenvalue weighted by Crippen LogP contribution is 2.47. The van der Waals surface area contributed by atoms with Crippen molar-refractivity contribution in [3.63, 3.8) is 0 Å². The topological polar surface area (TPSA) is 148 Å². The molecule has 2 aromatic rings. The van der Waals surface area contributed by atoms with Gasteiger partial charge in [0.25, 0.3) is 0 Å². The van der Waals surface area contributed by atoms with Crippen molar-refractivity contribution in [1.29, 1.82) is 5.26 Å². The normalized spacial score (nSPS) is 31.6. The molecule has 2 bridgehead atoms. The van der Waals surface area contributed by atoms with Crippen LogP contribution in [-0.2, 0) is 9.59 Å². The van der Waals surface area contributed by atoms with E-state index in [9.17, 15) is 14.9 Å². The number of piperazine rings is 1. The van der Waals surface area contributed by atoms with Crippen molar-refractivity contribution < 1.29 is 9.59 Å². The Bertz CT molecular complexity index is 1100. The summed E-state index contributed by atoms with van der Waals surface area (Å²) in [4.78, 5) is 31.6. The Morgan fingerprint density at radius 2 is 2.09 bits per heavy atom. The van der Waals surface area contributed by atoms with Gasteiger partial charge in [-0.15, -0.1) is 5.10 Å². The van der Waals surface area contributed by atoms with Crippen LogP contribution in [-0.4, -0.2) is 85.5 Å². The van der Waals surface area contributed by atoms with E-state index in [-0.39, 0.29) is 36.0 Å². The SMILES string of the molecule is N#C[C@@H]1CC2C[C@@H]2N1C(=O)[C@@H](N)CN1C[C@@H]2C[C@H]1C(=O)N2c1ccc(-c2nnn[nH]2)cc1. The van der Waals surface area contributed by atoms with Crippen LogP contribution in [0.3, 0.4) is 0 Å². The average Bonchev–Trinajstić information content (AvgIpc) is 3.25. The predicted molar refractivity (Wildman–Crippen MR) is 112 cm³/mol. The molecule has 3 aliphatic heterocycles. The zero-order valence-corrected chi connectivity index (χ0v) is 17.3. The van der Waals surface area contributed by atoms with Crippen LogP contribution in [0.15, 0.2) is 24.3 Å². The molecule has 1 aliphatic carbocycles. The number of hydrogen-bond acceptors (Lipinski definition) is 8. The molecule has 4 heterocycles. The van der Waals surface area contributed by atoms with E-state index in [1.54, 1.807) is 4.90 Å². The maximum Gasteiger partial charge on any atom is 0.244 e. The zero-order chi connectivity index (χ0) is 22.0. The van der Waals surface area contributed by atoms with Crippen molar-refractivity contribution in [2.75, 3.05) is 18.0 Å². The Kier molecular flexibility index (Phi) is 4.28. The number of aromatic amines is 1. The number of nitrogens with zero attached hydrogens (tertiary/aromatic N) is 7. The summed E-state index contributed by atoms with van der Waals surface area (Å²) in [6.07, 6.45) is 2.46. The number of carbonyl (C=O) groups excluding carboxylic acids is 2. The lowest BCUT2D eigenvalue weighted by molar-refractivity contribution is -0.135. The first-order valence-electron chi connectivity index (χ1n) is 10.9. The molecule has 1 aromatic heterocycles. The Labute approximate surface area is 184 Å². The number of rotatable bonds is 5. The molecule has 1 aromatic carbocycles. The number of carbonyl (C=O) groups is 2. The number of fused-ring (bicyclic) bond motifs is 3. The predicted octanol–water partition coefficient (Wildman–Crippen LogP) is -0.504. The summed E-state index contributed by atoms with van der Waals surface area (Å²) in [7, 11) is 0. The van der Waals surface area contributed by atoms with Gasteiger partial charge in [0.1, 0.15) is 6.04 Å². The highest BCUT2D eigenvalue weighted by molar-refractivity contribution is 6.01. The number of hydrogen-bond donors (Lipinski definition) is 2. The van der Waals surface area contributed by atoms with Crippen LogP contribution in [0.4, 0.5) is 5.69 Å². The van der Waals surface area contributed by atoms with Gasteiger partial charge in [0.15, 0.2) is 5.82 Å². The van der Waals surface area contributed by atoms with Gasteiger partial charge >= 0.3 is 0 Å². The van der Waals surface area contributed by atoms with Crippen LogP contribution < -0.4 is 10.6 Å². The molecule has 164 valence electrons. The van der Waals surface area contributed by atoms with Gasteiger partial charge < -0.3 is 15.5 Å². The van der Waals surface area contributed by atoms with Gasteiger partial charge in [0.05, 0.1) is 24.2 Å². The minimum absolute atomic E-state index is 0.0355. The molecule has 6 atom stereocenters. The van der Waals surface area contributed by atoms with E-state index < -0.39 is 6.04 Å². The van der Waals surface area contributed by atoms with E-state index >= 15 is 0 Å².